The van der Waals surface area contributed by atoms with Crippen molar-refractivity contribution >= 4 is 28.2 Å². The molecule has 0 radical (unpaired) electrons. The Hall–Kier alpha value is -1.36. The van der Waals surface area contributed by atoms with E-state index in [1.807, 2.05) is 0 Å². The Morgan fingerprint density at radius 2 is 1.73 bits per heavy atom. The molecule has 1 aromatic rings. The smallest absolute Gasteiger partial charge is 0.306 e. The van der Waals surface area contributed by atoms with Crippen LogP contribution in [-0.2, 0) is 22.4 Å². The van der Waals surface area contributed by atoms with Crippen LogP contribution in [0.15, 0.2) is 0 Å². The number of nitrogens with one attached hydrogen (secondary N) is 1. The molecule has 0 aliphatic heterocycles. The summed E-state index contributed by atoms with van der Waals surface area (Å²) in [5, 5.41) is 13.2. The summed E-state index contributed by atoms with van der Waals surface area (Å²) in [6.45, 7) is 2.11. The van der Waals surface area contributed by atoms with E-state index in [4.69, 9.17) is 5.11 Å². The van der Waals surface area contributed by atoms with E-state index in [-0.39, 0.29) is 17.7 Å². The zero-order valence-electron chi connectivity index (χ0n) is 13.0. The summed E-state index contributed by atoms with van der Waals surface area (Å²) in [5.74, 6) is -0.944. The van der Waals surface area contributed by atoms with Crippen LogP contribution >= 0.6 is 11.3 Å². The van der Waals surface area contributed by atoms with E-state index in [0.29, 0.717) is 25.7 Å². The number of rotatable bonds is 3. The lowest BCUT2D eigenvalue weighted by molar-refractivity contribution is -0.143. The molecular formula is C17H23NO3S. The number of carbonyl (C=O) groups is 2. The molecule has 2 N–H and O–H groups in total. The third kappa shape index (κ3) is 3.05. The molecule has 0 unspecified atom stereocenters. The molecule has 2 aliphatic rings. The van der Waals surface area contributed by atoms with Crippen molar-refractivity contribution < 1.29 is 14.7 Å². The van der Waals surface area contributed by atoms with E-state index in [1.165, 1.54) is 28.8 Å². The molecule has 1 amide bonds. The van der Waals surface area contributed by atoms with Crippen molar-refractivity contribution in [3.8, 4) is 0 Å². The number of carbonyl (C=O) groups excluding carboxylic acids is 1. The average Bonchev–Trinajstić information content (AvgIpc) is 2.84. The number of aliphatic carboxylic acids is 1. The second kappa shape index (κ2) is 6.41. The van der Waals surface area contributed by atoms with Crippen LogP contribution in [0.2, 0.25) is 0 Å². The summed E-state index contributed by atoms with van der Waals surface area (Å²) in [5.41, 5.74) is 2.69. The van der Waals surface area contributed by atoms with Gasteiger partial charge in [0.05, 0.1) is 10.9 Å². The van der Waals surface area contributed by atoms with Crippen molar-refractivity contribution in [3.05, 3.63) is 16.0 Å². The molecule has 0 spiro atoms. The molecular weight excluding hydrogens is 298 g/mol. The lowest BCUT2D eigenvalue weighted by Gasteiger charge is -2.25. The Bertz CT molecular complexity index is 585. The maximum Gasteiger partial charge on any atom is 0.306 e. The van der Waals surface area contributed by atoms with Gasteiger partial charge in [0.15, 0.2) is 0 Å². The quantitative estimate of drug-likeness (QED) is 0.890. The lowest BCUT2D eigenvalue weighted by Crippen LogP contribution is -2.29. The van der Waals surface area contributed by atoms with Crippen molar-refractivity contribution in [2.75, 3.05) is 5.32 Å². The van der Waals surface area contributed by atoms with E-state index < -0.39 is 5.97 Å². The molecule has 1 heterocycles. The Morgan fingerprint density at radius 3 is 2.36 bits per heavy atom. The summed E-state index contributed by atoms with van der Waals surface area (Å²) in [7, 11) is 0. The van der Waals surface area contributed by atoms with Gasteiger partial charge in [0, 0.05) is 10.8 Å². The molecule has 22 heavy (non-hydrogen) atoms. The minimum atomic E-state index is -0.722. The van der Waals surface area contributed by atoms with Gasteiger partial charge in [-0.2, -0.15) is 0 Å². The maximum absolute atomic E-state index is 12.5. The highest BCUT2D eigenvalue weighted by Crippen LogP contribution is 2.38. The first-order valence-corrected chi connectivity index (χ1v) is 9.02. The molecule has 1 fully saturated rings. The Morgan fingerprint density at radius 1 is 1.09 bits per heavy atom. The number of carboxylic acids is 1. The Labute approximate surface area is 134 Å². The Balaban J connectivity index is 1.63. The van der Waals surface area contributed by atoms with Crippen LogP contribution in [0.5, 0.6) is 0 Å². The second-order valence-corrected chi connectivity index (χ2v) is 7.65. The van der Waals surface area contributed by atoms with Crippen LogP contribution in [0.25, 0.3) is 0 Å². The first-order valence-electron chi connectivity index (χ1n) is 8.21. The third-order valence-electron chi connectivity index (χ3n) is 5.12. The molecule has 0 atom stereocenters. The van der Waals surface area contributed by atoms with Crippen LogP contribution in [0.3, 0.4) is 0 Å². The number of anilines is 1. The predicted octanol–water partition coefficient (Wildman–Crippen LogP) is 3.76. The minimum Gasteiger partial charge on any atom is -0.481 e. The highest BCUT2D eigenvalue weighted by atomic mass is 32.1. The monoisotopic (exact) mass is 321 g/mol. The van der Waals surface area contributed by atoms with Crippen LogP contribution in [0.1, 0.15) is 54.5 Å². The van der Waals surface area contributed by atoms with Gasteiger partial charge in [-0.05, 0) is 69.4 Å². The molecule has 0 bridgehead atoms. The fourth-order valence-corrected chi connectivity index (χ4v) is 4.96. The van der Waals surface area contributed by atoms with Gasteiger partial charge in [0.1, 0.15) is 0 Å². The summed E-state index contributed by atoms with van der Waals surface area (Å²) in [6.07, 6.45) is 7.38. The summed E-state index contributed by atoms with van der Waals surface area (Å²) in [6, 6.07) is 0. The fraction of sp³-hybridized carbons (Fsp3) is 0.647. The SMILES string of the molecule is Cc1c(NC(=O)C2CCC(C(=O)O)CC2)sc2c1CCCC2. The third-order valence-corrected chi connectivity index (χ3v) is 6.43. The van der Waals surface area contributed by atoms with Gasteiger partial charge in [0.2, 0.25) is 5.91 Å². The number of fused-ring (bicyclic) bond motifs is 1. The minimum absolute atomic E-state index is 0.0332. The van der Waals surface area contributed by atoms with Gasteiger partial charge in [-0.15, -0.1) is 11.3 Å². The average molecular weight is 321 g/mol. The van der Waals surface area contributed by atoms with Crippen LogP contribution < -0.4 is 5.32 Å². The predicted molar refractivity (Wildman–Crippen MR) is 87.4 cm³/mol. The van der Waals surface area contributed by atoms with Crippen molar-refractivity contribution in [3.63, 3.8) is 0 Å². The second-order valence-electron chi connectivity index (χ2n) is 6.54. The number of hydrogen-bond acceptors (Lipinski definition) is 3. The maximum atomic E-state index is 12.5. The summed E-state index contributed by atoms with van der Waals surface area (Å²) >= 11 is 1.73. The van der Waals surface area contributed by atoms with Crippen LogP contribution in [-0.4, -0.2) is 17.0 Å². The Kier molecular flexibility index (Phi) is 4.52. The largest absolute Gasteiger partial charge is 0.481 e. The van der Waals surface area contributed by atoms with Gasteiger partial charge in [-0.25, -0.2) is 0 Å². The molecule has 5 heteroatoms. The van der Waals surface area contributed by atoms with E-state index in [2.05, 4.69) is 12.2 Å². The summed E-state index contributed by atoms with van der Waals surface area (Å²) in [4.78, 5) is 24.9. The van der Waals surface area contributed by atoms with Crippen LogP contribution in [0.4, 0.5) is 5.00 Å². The summed E-state index contributed by atoms with van der Waals surface area (Å²) < 4.78 is 0. The van der Waals surface area contributed by atoms with Crippen molar-refractivity contribution in [2.24, 2.45) is 11.8 Å². The normalized spacial score (nSPS) is 24.6. The first kappa shape index (κ1) is 15.5. The highest BCUT2D eigenvalue weighted by Gasteiger charge is 2.30. The molecule has 2 aliphatic carbocycles. The molecule has 1 aromatic heterocycles. The highest BCUT2D eigenvalue weighted by molar-refractivity contribution is 7.16. The topological polar surface area (TPSA) is 66.4 Å². The molecule has 1 saturated carbocycles. The van der Waals surface area contributed by atoms with Gasteiger partial charge in [0.25, 0.3) is 0 Å². The van der Waals surface area contributed by atoms with Crippen LogP contribution in [0, 0.1) is 18.8 Å². The van der Waals surface area contributed by atoms with Crippen molar-refractivity contribution in [2.45, 2.75) is 58.3 Å². The van der Waals surface area contributed by atoms with Crippen molar-refractivity contribution in [1.82, 2.24) is 0 Å². The molecule has 0 saturated heterocycles. The molecule has 4 nitrogen and oxygen atoms in total. The van der Waals surface area contributed by atoms with Gasteiger partial charge in [-0.3, -0.25) is 9.59 Å². The zero-order chi connectivity index (χ0) is 15.7. The fourth-order valence-electron chi connectivity index (χ4n) is 3.66. The lowest BCUT2D eigenvalue weighted by atomic mass is 9.81. The first-order chi connectivity index (χ1) is 10.6. The van der Waals surface area contributed by atoms with E-state index in [0.717, 1.165) is 17.8 Å². The van der Waals surface area contributed by atoms with E-state index >= 15 is 0 Å². The van der Waals surface area contributed by atoms with Crippen molar-refractivity contribution in [1.29, 1.82) is 0 Å². The number of hydrogen-bond donors (Lipinski definition) is 2. The number of carboxylic acid groups (broad SMARTS) is 1. The molecule has 0 aromatic carbocycles. The number of amides is 1. The van der Waals surface area contributed by atoms with E-state index in [1.54, 1.807) is 11.3 Å². The van der Waals surface area contributed by atoms with Gasteiger partial charge >= 0.3 is 5.97 Å². The standard InChI is InChI=1S/C17H23NO3S/c1-10-13-4-2-3-5-14(13)22-16(10)18-15(19)11-6-8-12(9-7-11)17(20)21/h11-12H,2-9H2,1H3,(H,18,19)(H,20,21). The van der Waals surface area contributed by atoms with E-state index in [9.17, 15) is 9.59 Å². The number of aryl methyl sites for hydroxylation is 1. The van der Waals surface area contributed by atoms with Gasteiger partial charge < -0.3 is 10.4 Å². The number of thiophene rings is 1. The van der Waals surface area contributed by atoms with Gasteiger partial charge in [-0.1, -0.05) is 0 Å². The zero-order valence-corrected chi connectivity index (χ0v) is 13.8. The molecule has 120 valence electrons. The molecule has 3 rings (SSSR count).